The van der Waals surface area contributed by atoms with E-state index in [4.69, 9.17) is 16.3 Å². The summed E-state index contributed by atoms with van der Waals surface area (Å²) in [6.45, 7) is 2.83. The summed E-state index contributed by atoms with van der Waals surface area (Å²) < 4.78 is 5.53. The molecule has 108 valence electrons. The third kappa shape index (κ3) is 3.80. The first-order valence-corrected chi connectivity index (χ1v) is 7.19. The third-order valence-electron chi connectivity index (χ3n) is 3.39. The van der Waals surface area contributed by atoms with Gasteiger partial charge in [-0.3, -0.25) is 14.7 Å². The smallest absolute Gasteiger partial charge is 0.234 e. The molecule has 2 aliphatic rings. The van der Waals surface area contributed by atoms with Crippen LogP contribution in [0.4, 0.5) is 0 Å². The van der Waals surface area contributed by atoms with Gasteiger partial charge in [-0.05, 0) is 12.8 Å². The van der Waals surface area contributed by atoms with Gasteiger partial charge in [0.15, 0.2) is 5.15 Å². The lowest BCUT2D eigenvalue weighted by Gasteiger charge is -2.38. The Kier molecular flexibility index (Phi) is 4.03. The molecule has 1 aliphatic heterocycles. The highest BCUT2D eigenvalue weighted by Crippen LogP contribution is 2.20. The number of nitrogens with one attached hydrogen (secondary N) is 1. The summed E-state index contributed by atoms with van der Waals surface area (Å²) in [6.07, 6.45) is 5.27. The first-order chi connectivity index (χ1) is 9.69. The zero-order valence-corrected chi connectivity index (χ0v) is 11.8. The maximum atomic E-state index is 11.6. The van der Waals surface area contributed by atoms with Crippen LogP contribution in [0, 0.1) is 5.92 Å². The van der Waals surface area contributed by atoms with Crippen LogP contribution in [-0.4, -0.2) is 53.1 Å². The van der Waals surface area contributed by atoms with Crippen LogP contribution in [0.3, 0.4) is 0 Å². The monoisotopic (exact) mass is 296 g/mol. The van der Waals surface area contributed by atoms with Gasteiger partial charge in [0.1, 0.15) is 0 Å². The number of halogens is 1. The number of ether oxygens (including phenoxy) is 1. The summed E-state index contributed by atoms with van der Waals surface area (Å²) in [5.74, 6) is 1.01. The number of carbonyl (C=O) groups is 1. The standard InChI is InChI=1S/C13H17ClN4O2/c14-11-3-15-4-13(17-11)20-8-9-5-18(6-9)7-12(19)16-10-1-2-10/h3-4,9-10H,1-2,5-8H2,(H,16,19). The maximum absolute atomic E-state index is 11.6. The molecule has 7 heteroatoms. The molecule has 2 fully saturated rings. The minimum Gasteiger partial charge on any atom is -0.476 e. The Hall–Kier alpha value is -1.40. The van der Waals surface area contributed by atoms with Crippen molar-refractivity contribution in [3.63, 3.8) is 0 Å². The lowest BCUT2D eigenvalue weighted by molar-refractivity contribution is -0.124. The first kappa shape index (κ1) is 13.6. The predicted octanol–water partition coefficient (Wildman–Crippen LogP) is 0.719. The molecular weight excluding hydrogens is 280 g/mol. The lowest BCUT2D eigenvalue weighted by atomic mass is 10.0. The topological polar surface area (TPSA) is 67.4 Å². The van der Waals surface area contributed by atoms with Gasteiger partial charge in [-0.1, -0.05) is 11.6 Å². The summed E-state index contributed by atoms with van der Waals surface area (Å²) in [5.41, 5.74) is 0. The molecule has 0 spiro atoms. The molecule has 2 heterocycles. The summed E-state index contributed by atoms with van der Waals surface area (Å²) in [4.78, 5) is 21.6. The molecule has 1 aliphatic carbocycles. The second-order valence-electron chi connectivity index (χ2n) is 5.39. The zero-order valence-electron chi connectivity index (χ0n) is 11.1. The minimum atomic E-state index is 0.132. The lowest BCUT2D eigenvalue weighted by Crippen LogP contribution is -2.52. The minimum absolute atomic E-state index is 0.132. The molecular formula is C13H17ClN4O2. The van der Waals surface area contributed by atoms with Crippen molar-refractivity contribution >= 4 is 17.5 Å². The van der Waals surface area contributed by atoms with Crippen LogP contribution in [0.2, 0.25) is 5.15 Å². The Bertz CT molecular complexity index is 489. The number of rotatable bonds is 6. The summed E-state index contributed by atoms with van der Waals surface area (Å²) >= 11 is 5.73. The van der Waals surface area contributed by atoms with Crippen molar-refractivity contribution in [1.29, 1.82) is 0 Å². The van der Waals surface area contributed by atoms with Crippen LogP contribution in [0.15, 0.2) is 12.4 Å². The van der Waals surface area contributed by atoms with E-state index in [1.165, 1.54) is 6.20 Å². The Labute approximate surface area is 122 Å². The molecule has 6 nitrogen and oxygen atoms in total. The Balaban J connectivity index is 1.32. The highest BCUT2D eigenvalue weighted by Gasteiger charge is 2.30. The summed E-state index contributed by atoms with van der Waals surface area (Å²) in [6, 6.07) is 0.435. The molecule has 20 heavy (non-hydrogen) atoms. The van der Waals surface area contributed by atoms with E-state index in [0.29, 0.717) is 36.1 Å². The molecule has 0 radical (unpaired) electrons. The van der Waals surface area contributed by atoms with E-state index in [9.17, 15) is 4.79 Å². The average molecular weight is 297 g/mol. The molecule has 1 amide bonds. The Morgan fingerprint density at radius 1 is 1.45 bits per heavy atom. The van der Waals surface area contributed by atoms with Gasteiger partial charge < -0.3 is 10.1 Å². The van der Waals surface area contributed by atoms with Gasteiger partial charge in [-0.15, -0.1) is 0 Å². The van der Waals surface area contributed by atoms with E-state index in [1.54, 1.807) is 6.20 Å². The van der Waals surface area contributed by atoms with Crippen molar-refractivity contribution in [3.8, 4) is 5.88 Å². The molecule has 1 N–H and O–H groups in total. The van der Waals surface area contributed by atoms with E-state index < -0.39 is 0 Å². The van der Waals surface area contributed by atoms with Crippen molar-refractivity contribution < 1.29 is 9.53 Å². The maximum Gasteiger partial charge on any atom is 0.234 e. The van der Waals surface area contributed by atoms with Crippen LogP contribution < -0.4 is 10.1 Å². The van der Waals surface area contributed by atoms with E-state index in [-0.39, 0.29) is 5.91 Å². The number of aromatic nitrogens is 2. The van der Waals surface area contributed by atoms with Gasteiger partial charge in [-0.25, -0.2) is 0 Å². The second kappa shape index (κ2) is 5.93. The van der Waals surface area contributed by atoms with Gasteiger partial charge in [0, 0.05) is 25.0 Å². The number of hydrogen-bond donors (Lipinski definition) is 1. The molecule has 0 aromatic carbocycles. The van der Waals surface area contributed by atoms with Crippen molar-refractivity contribution in [3.05, 3.63) is 17.5 Å². The second-order valence-corrected chi connectivity index (χ2v) is 5.78. The fourth-order valence-corrected chi connectivity index (χ4v) is 2.35. The quantitative estimate of drug-likeness (QED) is 0.838. The van der Waals surface area contributed by atoms with Gasteiger partial charge >= 0.3 is 0 Å². The molecule has 0 unspecified atom stereocenters. The molecule has 1 aromatic heterocycles. The summed E-state index contributed by atoms with van der Waals surface area (Å²) in [5, 5.41) is 3.32. The number of carbonyl (C=O) groups excluding carboxylic acids is 1. The Morgan fingerprint density at radius 2 is 2.25 bits per heavy atom. The number of hydrogen-bond acceptors (Lipinski definition) is 5. The average Bonchev–Trinajstić information content (AvgIpc) is 3.16. The van der Waals surface area contributed by atoms with Gasteiger partial charge in [-0.2, -0.15) is 4.98 Å². The Morgan fingerprint density at radius 3 is 2.95 bits per heavy atom. The van der Waals surface area contributed by atoms with E-state index >= 15 is 0 Å². The van der Waals surface area contributed by atoms with E-state index in [0.717, 1.165) is 25.9 Å². The largest absolute Gasteiger partial charge is 0.476 e. The fourth-order valence-electron chi connectivity index (χ4n) is 2.21. The van der Waals surface area contributed by atoms with Crippen LogP contribution in [0.25, 0.3) is 0 Å². The molecule has 0 atom stereocenters. The highest BCUT2D eigenvalue weighted by atomic mass is 35.5. The van der Waals surface area contributed by atoms with Gasteiger partial charge in [0.2, 0.25) is 11.8 Å². The zero-order chi connectivity index (χ0) is 13.9. The van der Waals surface area contributed by atoms with Crippen LogP contribution in [0.1, 0.15) is 12.8 Å². The molecule has 1 aromatic rings. The van der Waals surface area contributed by atoms with Crippen LogP contribution >= 0.6 is 11.6 Å². The highest BCUT2D eigenvalue weighted by molar-refractivity contribution is 6.29. The van der Waals surface area contributed by atoms with Crippen molar-refractivity contribution in [2.75, 3.05) is 26.2 Å². The predicted molar refractivity (Wildman–Crippen MR) is 73.6 cm³/mol. The van der Waals surface area contributed by atoms with Crippen molar-refractivity contribution in [2.45, 2.75) is 18.9 Å². The van der Waals surface area contributed by atoms with Gasteiger partial charge in [0.05, 0.1) is 25.5 Å². The molecule has 1 saturated heterocycles. The summed E-state index contributed by atoms with van der Waals surface area (Å²) in [7, 11) is 0. The molecule has 1 saturated carbocycles. The SMILES string of the molecule is O=C(CN1CC(COc2cncc(Cl)n2)C1)NC1CC1. The number of amides is 1. The molecule has 0 bridgehead atoms. The van der Waals surface area contributed by atoms with Crippen LogP contribution in [0.5, 0.6) is 5.88 Å². The van der Waals surface area contributed by atoms with Gasteiger partial charge in [0.25, 0.3) is 0 Å². The fraction of sp³-hybridized carbons (Fsp3) is 0.615. The number of likely N-dealkylation sites (tertiary alicyclic amines) is 1. The third-order valence-corrected chi connectivity index (χ3v) is 3.57. The van der Waals surface area contributed by atoms with E-state index in [2.05, 4.69) is 20.2 Å². The normalized spacial score (nSPS) is 19.4. The van der Waals surface area contributed by atoms with Crippen molar-refractivity contribution in [1.82, 2.24) is 20.2 Å². The van der Waals surface area contributed by atoms with Crippen molar-refractivity contribution in [2.24, 2.45) is 5.92 Å². The molecule has 3 rings (SSSR count). The van der Waals surface area contributed by atoms with E-state index in [1.807, 2.05) is 0 Å². The van der Waals surface area contributed by atoms with Crippen LogP contribution in [-0.2, 0) is 4.79 Å². The first-order valence-electron chi connectivity index (χ1n) is 6.81. The number of nitrogens with zero attached hydrogens (tertiary/aromatic N) is 3.